The average Bonchev–Trinajstić information content (AvgIpc) is 2.29. The third-order valence-corrected chi connectivity index (χ3v) is 2.90. The molecular formula is C16H24O. The topological polar surface area (TPSA) is 17.1 Å². The molecule has 0 fully saturated rings. The zero-order valence-electron chi connectivity index (χ0n) is 11.1. The first-order valence-corrected chi connectivity index (χ1v) is 6.74. The Hall–Kier alpha value is -1.11. The lowest BCUT2D eigenvalue weighted by molar-refractivity contribution is -0.119. The van der Waals surface area contributed by atoms with E-state index in [1.165, 1.54) is 18.4 Å². The van der Waals surface area contributed by atoms with Crippen molar-refractivity contribution in [2.45, 2.75) is 52.4 Å². The Morgan fingerprint density at radius 1 is 1.06 bits per heavy atom. The minimum atomic E-state index is 0.430. The van der Waals surface area contributed by atoms with Gasteiger partial charge in [0.15, 0.2) is 0 Å². The highest BCUT2D eigenvalue weighted by Crippen LogP contribution is 2.10. The summed E-state index contributed by atoms with van der Waals surface area (Å²) in [6, 6.07) is 10.6. The van der Waals surface area contributed by atoms with E-state index in [0.29, 0.717) is 11.7 Å². The molecule has 0 saturated heterocycles. The molecule has 0 N–H and O–H groups in total. The smallest absolute Gasteiger partial charge is 0.133 e. The number of hydrogen-bond acceptors (Lipinski definition) is 1. The molecule has 1 nitrogen and oxygen atoms in total. The summed E-state index contributed by atoms with van der Waals surface area (Å²) >= 11 is 0. The van der Waals surface area contributed by atoms with E-state index in [1.807, 2.05) is 6.07 Å². The lowest BCUT2D eigenvalue weighted by Crippen LogP contribution is -2.02. The van der Waals surface area contributed by atoms with Crippen molar-refractivity contribution in [1.29, 1.82) is 0 Å². The van der Waals surface area contributed by atoms with Gasteiger partial charge in [0.2, 0.25) is 0 Å². The number of rotatable bonds is 8. The highest BCUT2D eigenvalue weighted by atomic mass is 16.1. The Kier molecular flexibility index (Phi) is 6.61. The maximum Gasteiger partial charge on any atom is 0.133 e. The number of carbonyl (C=O) groups excluding carboxylic acids is 1. The molecule has 0 saturated carbocycles. The Balaban J connectivity index is 2.03. The third kappa shape index (κ3) is 6.93. The standard InChI is InChI=1S/C16H24O/c1-14(2)13-16(17)12-8-4-7-11-15-9-5-3-6-10-15/h3,5-6,9-10,14H,4,7-8,11-13H2,1-2H3. The molecule has 0 heterocycles. The fourth-order valence-electron chi connectivity index (χ4n) is 2.03. The molecular weight excluding hydrogens is 208 g/mol. The molecule has 0 aliphatic heterocycles. The van der Waals surface area contributed by atoms with E-state index in [0.717, 1.165) is 25.7 Å². The van der Waals surface area contributed by atoms with Crippen LogP contribution in [0.4, 0.5) is 0 Å². The summed E-state index contributed by atoms with van der Waals surface area (Å²) in [5.74, 6) is 0.937. The van der Waals surface area contributed by atoms with E-state index >= 15 is 0 Å². The van der Waals surface area contributed by atoms with Crippen molar-refractivity contribution in [1.82, 2.24) is 0 Å². The molecule has 0 amide bonds. The second-order valence-electron chi connectivity index (χ2n) is 5.18. The van der Waals surface area contributed by atoms with Crippen molar-refractivity contribution >= 4 is 5.78 Å². The van der Waals surface area contributed by atoms with Gasteiger partial charge in [0.25, 0.3) is 0 Å². The molecule has 0 radical (unpaired) electrons. The minimum Gasteiger partial charge on any atom is -0.300 e. The number of hydrogen-bond donors (Lipinski definition) is 0. The van der Waals surface area contributed by atoms with Gasteiger partial charge in [-0.2, -0.15) is 0 Å². The number of ketones is 1. The zero-order valence-corrected chi connectivity index (χ0v) is 11.1. The Morgan fingerprint density at radius 3 is 2.41 bits per heavy atom. The van der Waals surface area contributed by atoms with Crippen LogP contribution in [0.25, 0.3) is 0 Å². The first-order valence-electron chi connectivity index (χ1n) is 6.74. The summed E-state index contributed by atoms with van der Waals surface area (Å²) in [5.41, 5.74) is 1.40. The van der Waals surface area contributed by atoms with Gasteiger partial charge in [-0.3, -0.25) is 4.79 Å². The summed E-state index contributed by atoms with van der Waals surface area (Å²) in [7, 11) is 0. The third-order valence-electron chi connectivity index (χ3n) is 2.90. The second-order valence-corrected chi connectivity index (χ2v) is 5.18. The molecule has 1 rings (SSSR count). The first kappa shape index (κ1) is 14.0. The van der Waals surface area contributed by atoms with Crippen LogP contribution in [0.5, 0.6) is 0 Å². The van der Waals surface area contributed by atoms with Crippen molar-refractivity contribution < 1.29 is 4.79 Å². The van der Waals surface area contributed by atoms with Gasteiger partial charge in [0.1, 0.15) is 5.78 Å². The number of unbranched alkanes of at least 4 members (excludes halogenated alkanes) is 2. The van der Waals surface area contributed by atoms with E-state index in [2.05, 4.69) is 38.1 Å². The van der Waals surface area contributed by atoms with Gasteiger partial charge >= 0.3 is 0 Å². The van der Waals surface area contributed by atoms with Crippen LogP contribution in [0.15, 0.2) is 30.3 Å². The molecule has 0 spiro atoms. The maximum absolute atomic E-state index is 11.5. The quantitative estimate of drug-likeness (QED) is 0.607. The van der Waals surface area contributed by atoms with Crippen LogP contribution in [-0.4, -0.2) is 5.78 Å². The average molecular weight is 232 g/mol. The predicted octanol–water partition coefficient (Wildman–Crippen LogP) is 4.40. The van der Waals surface area contributed by atoms with Gasteiger partial charge in [-0.05, 0) is 30.7 Å². The largest absolute Gasteiger partial charge is 0.300 e. The predicted molar refractivity (Wildman–Crippen MR) is 73.1 cm³/mol. The molecule has 0 bridgehead atoms. The van der Waals surface area contributed by atoms with Crippen LogP contribution in [-0.2, 0) is 11.2 Å². The maximum atomic E-state index is 11.5. The van der Waals surface area contributed by atoms with Gasteiger partial charge in [-0.1, -0.05) is 50.6 Å². The van der Waals surface area contributed by atoms with Gasteiger partial charge in [0.05, 0.1) is 0 Å². The molecule has 0 unspecified atom stereocenters. The van der Waals surface area contributed by atoms with Gasteiger partial charge in [0, 0.05) is 12.8 Å². The fraction of sp³-hybridized carbons (Fsp3) is 0.562. The molecule has 1 heteroatoms. The molecule has 0 atom stereocenters. The number of benzene rings is 1. The van der Waals surface area contributed by atoms with Crippen molar-refractivity contribution in [3.63, 3.8) is 0 Å². The van der Waals surface area contributed by atoms with Crippen LogP contribution in [0, 0.1) is 5.92 Å². The van der Waals surface area contributed by atoms with E-state index in [4.69, 9.17) is 0 Å². The fourth-order valence-corrected chi connectivity index (χ4v) is 2.03. The lowest BCUT2D eigenvalue weighted by atomic mass is 10.0. The van der Waals surface area contributed by atoms with Gasteiger partial charge in [-0.25, -0.2) is 0 Å². The van der Waals surface area contributed by atoms with E-state index in [1.54, 1.807) is 0 Å². The van der Waals surface area contributed by atoms with Crippen molar-refractivity contribution in [2.24, 2.45) is 5.92 Å². The Bertz CT molecular complexity index is 314. The lowest BCUT2D eigenvalue weighted by Gasteiger charge is -2.04. The van der Waals surface area contributed by atoms with Crippen LogP contribution in [0.3, 0.4) is 0 Å². The van der Waals surface area contributed by atoms with Crippen molar-refractivity contribution in [3.05, 3.63) is 35.9 Å². The zero-order chi connectivity index (χ0) is 12.5. The summed E-state index contributed by atoms with van der Waals surface area (Å²) < 4.78 is 0. The number of carbonyl (C=O) groups is 1. The summed E-state index contributed by atoms with van der Waals surface area (Å²) in [5, 5.41) is 0. The Labute approximate surface area is 105 Å². The van der Waals surface area contributed by atoms with Gasteiger partial charge < -0.3 is 0 Å². The minimum absolute atomic E-state index is 0.430. The Morgan fingerprint density at radius 2 is 1.76 bits per heavy atom. The van der Waals surface area contributed by atoms with Crippen LogP contribution in [0.1, 0.15) is 51.5 Å². The van der Waals surface area contributed by atoms with Crippen LogP contribution in [0.2, 0.25) is 0 Å². The highest BCUT2D eigenvalue weighted by molar-refractivity contribution is 5.78. The molecule has 1 aromatic carbocycles. The normalized spacial score (nSPS) is 10.8. The summed E-state index contributed by atoms with van der Waals surface area (Å²) in [6.07, 6.45) is 6.07. The monoisotopic (exact) mass is 232 g/mol. The number of aryl methyl sites for hydroxylation is 1. The molecule has 94 valence electrons. The number of Topliss-reactive ketones (excluding diaryl/α,β-unsaturated/α-hetero) is 1. The summed E-state index contributed by atoms with van der Waals surface area (Å²) in [6.45, 7) is 4.21. The molecule has 0 aliphatic carbocycles. The molecule has 0 aromatic heterocycles. The van der Waals surface area contributed by atoms with Crippen LogP contribution >= 0.6 is 0 Å². The van der Waals surface area contributed by atoms with Crippen LogP contribution < -0.4 is 0 Å². The van der Waals surface area contributed by atoms with E-state index in [-0.39, 0.29) is 0 Å². The van der Waals surface area contributed by atoms with Crippen molar-refractivity contribution in [2.75, 3.05) is 0 Å². The second kappa shape index (κ2) is 8.05. The molecule has 17 heavy (non-hydrogen) atoms. The van der Waals surface area contributed by atoms with E-state index < -0.39 is 0 Å². The van der Waals surface area contributed by atoms with Crippen molar-refractivity contribution in [3.8, 4) is 0 Å². The highest BCUT2D eigenvalue weighted by Gasteiger charge is 2.04. The van der Waals surface area contributed by atoms with E-state index in [9.17, 15) is 4.79 Å². The first-order chi connectivity index (χ1) is 8.18. The SMILES string of the molecule is CC(C)CC(=O)CCCCCc1ccccc1. The molecule has 1 aromatic rings. The summed E-state index contributed by atoms with van der Waals surface area (Å²) in [4.78, 5) is 11.5. The van der Waals surface area contributed by atoms with Gasteiger partial charge in [-0.15, -0.1) is 0 Å². The molecule has 0 aliphatic rings.